The number of carbonyl (C=O) groups excluding carboxylic acids is 2. The predicted octanol–water partition coefficient (Wildman–Crippen LogP) is 1.82. The van der Waals surface area contributed by atoms with E-state index in [1.165, 1.54) is 33.5 Å². The van der Waals surface area contributed by atoms with E-state index in [9.17, 15) is 18.0 Å². The van der Waals surface area contributed by atoms with Gasteiger partial charge in [-0.3, -0.25) is 9.69 Å². The highest BCUT2D eigenvalue weighted by Crippen LogP contribution is 2.32. The molecule has 2 saturated heterocycles. The molecule has 0 saturated carbocycles. The highest BCUT2D eigenvalue weighted by Gasteiger charge is 2.53. The summed E-state index contributed by atoms with van der Waals surface area (Å²) in [5.41, 5.74) is -0.993. The minimum Gasteiger partial charge on any atom is -0.323 e. The third-order valence-electron chi connectivity index (χ3n) is 4.74. The Hall–Kier alpha value is -1.64. The first-order valence-corrected chi connectivity index (χ1v) is 9.91. The van der Waals surface area contributed by atoms with E-state index in [0.717, 1.165) is 0 Å². The number of rotatable bonds is 3. The van der Waals surface area contributed by atoms with Gasteiger partial charge in [-0.1, -0.05) is 11.6 Å². The first-order valence-electron chi connectivity index (χ1n) is 8.09. The van der Waals surface area contributed by atoms with Crippen LogP contribution in [0.15, 0.2) is 29.2 Å². The average Bonchev–Trinajstić information content (AvgIpc) is 2.78. The fourth-order valence-corrected chi connectivity index (χ4v) is 4.88. The van der Waals surface area contributed by atoms with Crippen molar-refractivity contribution in [2.45, 2.75) is 43.2 Å². The van der Waals surface area contributed by atoms with Crippen LogP contribution in [-0.4, -0.2) is 54.2 Å². The smallest absolute Gasteiger partial charge is 0.323 e. The van der Waals surface area contributed by atoms with Gasteiger partial charge < -0.3 is 5.32 Å². The zero-order valence-corrected chi connectivity index (χ0v) is 15.6. The summed E-state index contributed by atoms with van der Waals surface area (Å²) < 4.78 is 26.8. The Bertz CT molecular complexity index is 799. The number of nitrogens with zero attached hydrogens (tertiary/aromatic N) is 2. The van der Waals surface area contributed by atoms with Gasteiger partial charge in [0.05, 0.1) is 4.90 Å². The van der Waals surface area contributed by atoms with Crippen LogP contribution in [0.25, 0.3) is 0 Å². The molecule has 7 nitrogen and oxygen atoms in total. The number of piperidine rings is 1. The Morgan fingerprint density at radius 1 is 1.12 bits per heavy atom. The van der Waals surface area contributed by atoms with Crippen LogP contribution in [0, 0.1) is 0 Å². The van der Waals surface area contributed by atoms with Crippen molar-refractivity contribution in [1.29, 1.82) is 0 Å². The minimum absolute atomic E-state index is 0.165. The van der Waals surface area contributed by atoms with E-state index in [1.54, 1.807) is 13.8 Å². The van der Waals surface area contributed by atoms with Crippen LogP contribution in [0.1, 0.15) is 26.7 Å². The lowest BCUT2D eigenvalue weighted by Crippen LogP contribution is -2.56. The average molecular weight is 386 g/mol. The lowest BCUT2D eigenvalue weighted by molar-refractivity contribution is -0.133. The Balaban J connectivity index is 1.77. The van der Waals surface area contributed by atoms with Crippen molar-refractivity contribution in [3.63, 3.8) is 0 Å². The molecule has 1 spiro atoms. The second kappa shape index (κ2) is 6.26. The molecule has 0 radical (unpaired) electrons. The minimum atomic E-state index is -3.65. The van der Waals surface area contributed by atoms with Gasteiger partial charge in [-0.25, -0.2) is 13.2 Å². The molecular weight excluding hydrogens is 366 g/mol. The van der Waals surface area contributed by atoms with Gasteiger partial charge in [-0.05, 0) is 51.0 Å². The monoisotopic (exact) mass is 385 g/mol. The van der Waals surface area contributed by atoms with E-state index < -0.39 is 21.6 Å². The summed E-state index contributed by atoms with van der Waals surface area (Å²) in [7, 11) is -3.65. The summed E-state index contributed by atoms with van der Waals surface area (Å²) in [5, 5.41) is 3.23. The molecule has 0 atom stereocenters. The third kappa shape index (κ3) is 3.02. The maximum atomic E-state index is 12.7. The molecule has 3 rings (SSSR count). The number of hydrogen-bond acceptors (Lipinski definition) is 4. The highest BCUT2D eigenvalue weighted by molar-refractivity contribution is 7.89. The molecule has 0 aromatic heterocycles. The maximum Gasteiger partial charge on any atom is 0.325 e. The lowest BCUT2D eigenvalue weighted by atomic mass is 9.88. The van der Waals surface area contributed by atoms with E-state index in [0.29, 0.717) is 5.02 Å². The molecule has 1 aromatic carbocycles. The number of nitrogens with one attached hydrogen (secondary N) is 1. The van der Waals surface area contributed by atoms with E-state index in [2.05, 4.69) is 5.32 Å². The van der Waals surface area contributed by atoms with Crippen LogP contribution in [0.3, 0.4) is 0 Å². The van der Waals surface area contributed by atoms with Crippen molar-refractivity contribution in [3.05, 3.63) is 29.3 Å². The molecule has 1 N–H and O–H groups in total. The van der Waals surface area contributed by atoms with Gasteiger partial charge >= 0.3 is 6.03 Å². The maximum absolute atomic E-state index is 12.7. The molecular formula is C16H20ClN3O4S. The number of hydrogen-bond donors (Lipinski definition) is 1. The lowest BCUT2D eigenvalue weighted by Gasteiger charge is -2.36. The van der Waals surface area contributed by atoms with Crippen molar-refractivity contribution in [2.24, 2.45) is 0 Å². The predicted molar refractivity (Wildman–Crippen MR) is 92.7 cm³/mol. The van der Waals surface area contributed by atoms with Gasteiger partial charge in [-0.2, -0.15) is 4.31 Å². The van der Waals surface area contributed by atoms with Crippen molar-refractivity contribution < 1.29 is 18.0 Å². The largest absolute Gasteiger partial charge is 0.325 e. The Labute approximate surface area is 152 Å². The molecule has 136 valence electrons. The van der Waals surface area contributed by atoms with Crippen molar-refractivity contribution in [2.75, 3.05) is 13.1 Å². The number of carbonyl (C=O) groups is 2. The van der Waals surface area contributed by atoms with E-state index in [1.807, 2.05) is 0 Å². The number of urea groups is 1. The summed E-state index contributed by atoms with van der Waals surface area (Å²) in [6.07, 6.45) is 0.515. The zero-order chi connectivity index (χ0) is 18.4. The van der Waals surface area contributed by atoms with Crippen molar-refractivity contribution in [1.82, 2.24) is 14.5 Å². The fraction of sp³-hybridized carbons (Fsp3) is 0.500. The molecule has 9 heteroatoms. The highest BCUT2D eigenvalue weighted by atomic mass is 35.5. The summed E-state index contributed by atoms with van der Waals surface area (Å²) in [5.74, 6) is -0.268. The Kier molecular flexibility index (Phi) is 4.55. The fourth-order valence-electron chi connectivity index (χ4n) is 3.31. The summed E-state index contributed by atoms with van der Waals surface area (Å²) in [6.45, 7) is 3.89. The molecule has 1 aromatic rings. The van der Waals surface area contributed by atoms with Gasteiger partial charge in [0.1, 0.15) is 5.54 Å². The quantitative estimate of drug-likeness (QED) is 0.804. The van der Waals surface area contributed by atoms with Crippen molar-refractivity contribution in [3.8, 4) is 0 Å². The normalized spacial score (nSPS) is 21.2. The topological polar surface area (TPSA) is 86.8 Å². The summed E-state index contributed by atoms with van der Waals surface area (Å²) >= 11 is 5.81. The number of amides is 3. The number of halogens is 1. The summed E-state index contributed by atoms with van der Waals surface area (Å²) in [6, 6.07) is 5.34. The molecule has 3 amide bonds. The number of imide groups is 1. The molecule has 2 fully saturated rings. The van der Waals surface area contributed by atoms with Gasteiger partial charge in [0, 0.05) is 24.2 Å². The molecule has 2 heterocycles. The van der Waals surface area contributed by atoms with E-state index in [-0.39, 0.29) is 42.8 Å². The van der Waals surface area contributed by atoms with Gasteiger partial charge in [0.15, 0.2) is 0 Å². The van der Waals surface area contributed by atoms with Crippen LogP contribution in [0.5, 0.6) is 0 Å². The first kappa shape index (κ1) is 18.2. The molecule has 2 aliphatic rings. The second-order valence-corrected chi connectivity index (χ2v) is 9.01. The van der Waals surface area contributed by atoms with E-state index in [4.69, 9.17) is 11.6 Å². The zero-order valence-electron chi connectivity index (χ0n) is 14.0. The summed E-state index contributed by atoms with van der Waals surface area (Å²) in [4.78, 5) is 26.1. The standard InChI is InChI=1S/C16H20ClN3O4S/c1-11(2)20-14(21)16(18-15(20)22)7-9-19(10-8-16)25(23,24)13-5-3-12(17)4-6-13/h3-6,11H,7-10H2,1-2H3,(H,18,22). The SMILES string of the molecule is CC(C)N1C(=O)NC2(CCN(S(=O)(=O)c3ccc(Cl)cc3)CC2)C1=O. The molecule has 0 bridgehead atoms. The van der Waals surface area contributed by atoms with Gasteiger partial charge in [0.25, 0.3) is 5.91 Å². The van der Waals surface area contributed by atoms with Crippen LogP contribution >= 0.6 is 11.6 Å². The van der Waals surface area contributed by atoms with Crippen LogP contribution in [-0.2, 0) is 14.8 Å². The van der Waals surface area contributed by atoms with Gasteiger partial charge in [-0.15, -0.1) is 0 Å². The molecule has 0 aliphatic carbocycles. The Morgan fingerprint density at radius 2 is 1.68 bits per heavy atom. The number of sulfonamides is 1. The Morgan fingerprint density at radius 3 is 2.16 bits per heavy atom. The number of benzene rings is 1. The third-order valence-corrected chi connectivity index (χ3v) is 6.90. The molecule has 25 heavy (non-hydrogen) atoms. The van der Waals surface area contributed by atoms with Crippen LogP contribution < -0.4 is 5.32 Å². The van der Waals surface area contributed by atoms with Crippen LogP contribution in [0.2, 0.25) is 5.02 Å². The molecule has 2 aliphatic heterocycles. The first-order chi connectivity index (χ1) is 11.7. The van der Waals surface area contributed by atoms with Gasteiger partial charge in [0.2, 0.25) is 10.0 Å². The second-order valence-electron chi connectivity index (χ2n) is 6.64. The van der Waals surface area contributed by atoms with E-state index >= 15 is 0 Å². The van der Waals surface area contributed by atoms with Crippen LogP contribution in [0.4, 0.5) is 4.79 Å². The molecule has 0 unspecified atom stereocenters. The van der Waals surface area contributed by atoms with Crippen molar-refractivity contribution >= 4 is 33.6 Å².